The Balaban J connectivity index is 1.51. The van der Waals surface area contributed by atoms with Gasteiger partial charge in [0.1, 0.15) is 12.4 Å². The third-order valence-corrected chi connectivity index (χ3v) is 5.83. The maximum atomic E-state index is 10.1. The molecule has 1 N–H and O–H groups in total. The third-order valence-electron chi connectivity index (χ3n) is 5.83. The highest BCUT2D eigenvalue weighted by Crippen LogP contribution is 2.28. The van der Waals surface area contributed by atoms with E-state index in [2.05, 4.69) is 58.2 Å². The van der Waals surface area contributed by atoms with Gasteiger partial charge in [0, 0.05) is 38.3 Å². The van der Waals surface area contributed by atoms with Crippen molar-refractivity contribution in [3.8, 4) is 18.1 Å². The van der Waals surface area contributed by atoms with E-state index in [0.717, 1.165) is 44.8 Å². The zero-order valence-electron chi connectivity index (χ0n) is 16.2. The fraction of sp³-hybridized carbons (Fsp3) is 0.417. The van der Waals surface area contributed by atoms with E-state index in [-0.39, 0.29) is 6.10 Å². The van der Waals surface area contributed by atoms with Crippen molar-refractivity contribution in [3.05, 3.63) is 65.7 Å². The van der Waals surface area contributed by atoms with E-state index in [1.54, 1.807) is 0 Å². The molecule has 0 amide bonds. The molecule has 2 aromatic rings. The maximum Gasteiger partial charge on any atom is 0.148 e. The summed E-state index contributed by atoms with van der Waals surface area (Å²) in [6, 6.07) is 19.8. The molecule has 4 heteroatoms. The molecular weight excluding hydrogens is 348 g/mol. The standard InChI is InChI=1S/C24H28N2O2/c1-2-11-28-24-10-6-9-20(13-24)15-25-17-22-14-23(27)18-26(22)16-21(25)12-19-7-4-3-5-8-19/h1,3-10,13,21-23,27H,11-12,14-18H2/t21-,22+,23-/m1/s1. The van der Waals surface area contributed by atoms with Gasteiger partial charge < -0.3 is 9.84 Å². The van der Waals surface area contributed by atoms with E-state index in [1.807, 2.05) is 12.1 Å². The molecule has 0 bridgehead atoms. The number of hydrogen-bond donors (Lipinski definition) is 1. The molecule has 2 fully saturated rings. The van der Waals surface area contributed by atoms with Crippen molar-refractivity contribution in [2.24, 2.45) is 0 Å². The van der Waals surface area contributed by atoms with Crippen molar-refractivity contribution >= 4 is 0 Å². The van der Waals surface area contributed by atoms with Crippen LogP contribution in [0.15, 0.2) is 54.6 Å². The maximum absolute atomic E-state index is 10.1. The molecule has 0 saturated carbocycles. The van der Waals surface area contributed by atoms with Gasteiger partial charge >= 0.3 is 0 Å². The van der Waals surface area contributed by atoms with Gasteiger partial charge in [-0.25, -0.2) is 0 Å². The van der Waals surface area contributed by atoms with Gasteiger partial charge in [0.05, 0.1) is 6.10 Å². The molecule has 0 radical (unpaired) electrons. The Kier molecular flexibility index (Phi) is 5.97. The fourth-order valence-corrected chi connectivity index (χ4v) is 4.54. The first-order valence-corrected chi connectivity index (χ1v) is 10.1. The Bertz CT molecular complexity index is 817. The van der Waals surface area contributed by atoms with Crippen LogP contribution in [-0.2, 0) is 13.0 Å². The number of piperazine rings is 1. The largest absolute Gasteiger partial charge is 0.481 e. The van der Waals surface area contributed by atoms with E-state index in [0.29, 0.717) is 18.7 Å². The van der Waals surface area contributed by atoms with Crippen LogP contribution in [0.3, 0.4) is 0 Å². The number of hydrogen-bond acceptors (Lipinski definition) is 4. The van der Waals surface area contributed by atoms with E-state index in [1.165, 1.54) is 11.1 Å². The lowest BCUT2D eigenvalue weighted by molar-refractivity contribution is 0.0444. The van der Waals surface area contributed by atoms with Gasteiger partial charge in [-0.1, -0.05) is 48.4 Å². The summed E-state index contributed by atoms with van der Waals surface area (Å²) in [6.45, 7) is 3.97. The van der Waals surface area contributed by atoms with Crippen LogP contribution in [0.1, 0.15) is 17.5 Å². The molecule has 0 aromatic heterocycles. The van der Waals surface area contributed by atoms with Gasteiger partial charge in [0.2, 0.25) is 0 Å². The molecule has 2 heterocycles. The molecule has 2 aliphatic heterocycles. The van der Waals surface area contributed by atoms with Crippen LogP contribution in [0.25, 0.3) is 0 Å². The number of aliphatic hydroxyl groups excluding tert-OH is 1. The minimum absolute atomic E-state index is 0.192. The van der Waals surface area contributed by atoms with Crippen molar-refractivity contribution in [2.45, 2.75) is 37.6 Å². The molecule has 4 rings (SSSR count). The number of benzene rings is 2. The quantitative estimate of drug-likeness (QED) is 0.786. The summed E-state index contributed by atoms with van der Waals surface area (Å²) in [6.07, 6.45) is 7.01. The Labute approximate surface area is 167 Å². The van der Waals surface area contributed by atoms with Crippen LogP contribution in [-0.4, -0.2) is 59.3 Å². The third kappa shape index (κ3) is 4.56. The number of ether oxygens (including phenoxy) is 1. The first kappa shape index (κ1) is 19.0. The summed E-state index contributed by atoms with van der Waals surface area (Å²) in [5.41, 5.74) is 2.60. The van der Waals surface area contributed by atoms with Crippen LogP contribution < -0.4 is 4.74 Å². The van der Waals surface area contributed by atoms with Crippen molar-refractivity contribution in [3.63, 3.8) is 0 Å². The highest BCUT2D eigenvalue weighted by atomic mass is 16.5. The number of nitrogens with zero attached hydrogens (tertiary/aromatic N) is 2. The SMILES string of the molecule is C#CCOc1cccc(CN2C[C@@H]3C[C@@H](O)CN3C[C@H]2Cc2ccccc2)c1. The second-order valence-electron chi connectivity index (χ2n) is 7.91. The van der Waals surface area contributed by atoms with Crippen molar-refractivity contribution in [1.82, 2.24) is 9.80 Å². The Morgan fingerprint density at radius 3 is 2.68 bits per heavy atom. The van der Waals surface area contributed by atoms with Crippen molar-refractivity contribution in [2.75, 3.05) is 26.2 Å². The van der Waals surface area contributed by atoms with Crippen LogP contribution in [0.5, 0.6) is 5.75 Å². The van der Waals surface area contributed by atoms with Gasteiger partial charge in [-0.05, 0) is 36.1 Å². The second kappa shape index (κ2) is 8.79. The summed E-state index contributed by atoms with van der Waals surface area (Å²) in [4.78, 5) is 5.05. The molecule has 28 heavy (non-hydrogen) atoms. The smallest absolute Gasteiger partial charge is 0.148 e. The molecule has 2 aliphatic rings. The topological polar surface area (TPSA) is 35.9 Å². The minimum atomic E-state index is -0.192. The molecule has 4 nitrogen and oxygen atoms in total. The summed E-state index contributed by atoms with van der Waals surface area (Å²) >= 11 is 0. The zero-order valence-corrected chi connectivity index (χ0v) is 16.2. The van der Waals surface area contributed by atoms with Gasteiger partial charge in [-0.2, -0.15) is 0 Å². The average molecular weight is 377 g/mol. The molecule has 2 saturated heterocycles. The van der Waals surface area contributed by atoms with Crippen molar-refractivity contribution < 1.29 is 9.84 Å². The Morgan fingerprint density at radius 2 is 1.86 bits per heavy atom. The summed E-state index contributed by atoms with van der Waals surface area (Å²) in [7, 11) is 0. The predicted octanol–water partition coefficient (Wildman–Crippen LogP) is 2.56. The number of terminal acetylenes is 1. The molecular formula is C24H28N2O2. The molecule has 0 unspecified atom stereocenters. The number of fused-ring (bicyclic) bond motifs is 1. The van der Waals surface area contributed by atoms with E-state index >= 15 is 0 Å². The molecule has 0 aliphatic carbocycles. The van der Waals surface area contributed by atoms with Gasteiger partial charge in [-0.3, -0.25) is 9.80 Å². The zero-order chi connectivity index (χ0) is 19.3. The molecule has 0 spiro atoms. The minimum Gasteiger partial charge on any atom is -0.481 e. The lowest BCUT2D eigenvalue weighted by Gasteiger charge is -2.44. The average Bonchev–Trinajstić information content (AvgIpc) is 3.06. The summed E-state index contributed by atoms with van der Waals surface area (Å²) in [5, 5.41) is 10.1. The lowest BCUT2D eigenvalue weighted by atomic mass is 9.99. The van der Waals surface area contributed by atoms with Gasteiger partial charge in [-0.15, -0.1) is 6.42 Å². The lowest BCUT2D eigenvalue weighted by Crippen LogP contribution is -2.56. The first-order valence-electron chi connectivity index (χ1n) is 10.1. The van der Waals surface area contributed by atoms with E-state index < -0.39 is 0 Å². The number of rotatable bonds is 6. The predicted molar refractivity (Wildman–Crippen MR) is 111 cm³/mol. The first-order chi connectivity index (χ1) is 13.7. The fourth-order valence-electron chi connectivity index (χ4n) is 4.54. The van der Waals surface area contributed by atoms with Crippen LogP contribution in [0.4, 0.5) is 0 Å². The summed E-state index contributed by atoms with van der Waals surface area (Å²) < 4.78 is 5.59. The van der Waals surface area contributed by atoms with Crippen LogP contribution in [0, 0.1) is 12.3 Å². The number of aliphatic hydroxyl groups is 1. The monoisotopic (exact) mass is 376 g/mol. The molecule has 2 aromatic carbocycles. The molecule has 146 valence electrons. The summed E-state index contributed by atoms with van der Waals surface area (Å²) in [5.74, 6) is 3.34. The van der Waals surface area contributed by atoms with Crippen LogP contribution in [0.2, 0.25) is 0 Å². The van der Waals surface area contributed by atoms with Gasteiger partial charge in [0.25, 0.3) is 0 Å². The highest BCUT2D eigenvalue weighted by molar-refractivity contribution is 5.29. The van der Waals surface area contributed by atoms with Gasteiger partial charge in [0.15, 0.2) is 0 Å². The van der Waals surface area contributed by atoms with E-state index in [9.17, 15) is 5.11 Å². The molecule has 3 atom stereocenters. The van der Waals surface area contributed by atoms with Crippen molar-refractivity contribution in [1.29, 1.82) is 0 Å². The Morgan fingerprint density at radius 1 is 1.04 bits per heavy atom. The van der Waals surface area contributed by atoms with Crippen LogP contribution >= 0.6 is 0 Å². The van der Waals surface area contributed by atoms with E-state index in [4.69, 9.17) is 11.2 Å². The Hall–Kier alpha value is -2.32. The normalized spacial score (nSPS) is 25.2. The highest BCUT2D eigenvalue weighted by Gasteiger charge is 2.39. The second-order valence-corrected chi connectivity index (χ2v) is 7.91.